The van der Waals surface area contributed by atoms with Crippen molar-refractivity contribution in [2.24, 2.45) is 5.10 Å². The molecule has 0 aliphatic heterocycles. The maximum atomic E-state index is 4.62. The Balaban J connectivity index is 2.14. The number of benzene rings is 1. The van der Waals surface area contributed by atoms with Gasteiger partial charge in [0, 0.05) is 11.4 Å². The van der Waals surface area contributed by atoms with Crippen LogP contribution in [0.4, 0.5) is 0 Å². The first-order valence-corrected chi connectivity index (χ1v) is 6.72. The van der Waals surface area contributed by atoms with Crippen molar-refractivity contribution in [3.8, 4) is 0 Å². The summed E-state index contributed by atoms with van der Waals surface area (Å²) in [4.78, 5) is 4.62. The molecule has 0 spiro atoms. The Labute approximate surface area is 118 Å². The van der Waals surface area contributed by atoms with Gasteiger partial charge < -0.3 is 0 Å². The molecule has 102 valence electrons. The monoisotopic (exact) mass is 266 g/mol. The van der Waals surface area contributed by atoms with Crippen molar-refractivity contribution in [1.82, 2.24) is 14.1 Å². The molecule has 3 rings (SSSR count). The summed E-state index contributed by atoms with van der Waals surface area (Å²) in [5.74, 6) is 0.877. The van der Waals surface area contributed by atoms with Crippen molar-refractivity contribution in [2.45, 2.75) is 27.7 Å². The molecule has 3 aromatic rings. The van der Waals surface area contributed by atoms with Gasteiger partial charge in [0.2, 0.25) is 5.78 Å². The van der Waals surface area contributed by atoms with Crippen LogP contribution in [0.2, 0.25) is 0 Å². The van der Waals surface area contributed by atoms with Gasteiger partial charge in [-0.25, -0.2) is 9.66 Å². The van der Waals surface area contributed by atoms with Crippen LogP contribution in [0.25, 0.3) is 5.78 Å². The number of imidazole rings is 2. The molecule has 0 aliphatic carbocycles. The molecular weight excluding hydrogens is 248 g/mol. The second-order valence-corrected chi connectivity index (χ2v) is 5.06. The SMILES string of the molecule is Cc1nc2n(/N=C/c3ccccc3)c(C)c(C)n2c1C. The first-order chi connectivity index (χ1) is 9.59. The second kappa shape index (κ2) is 4.63. The Kier molecular flexibility index (Phi) is 2.93. The van der Waals surface area contributed by atoms with Gasteiger partial charge in [-0.1, -0.05) is 30.3 Å². The number of rotatable bonds is 2. The molecule has 2 aromatic heterocycles. The minimum absolute atomic E-state index is 0.877. The molecule has 0 amide bonds. The minimum Gasteiger partial charge on any atom is -0.284 e. The zero-order valence-corrected chi connectivity index (χ0v) is 12.3. The Bertz CT molecular complexity index is 791. The fourth-order valence-corrected chi connectivity index (χ4v) is 2.40. The van der Waals surface area contributed by atoms with Gasteiger partial charge in [0.05, 0.1) is 17.6 Å². The van der Waals surface area contributed by atoms with Crippen molar-refractivity contribution in [3.05, 3.63) is 58.7 Å². The highest BCUT2D eigenvalue weighted by Crippen LogP contribution is 2.19. The smallest absolute Gasteiger partial charge is 0.235 e. The largest absolute Gasteiger partial charge is 0.284 e. The van der Waals surface area contributed by atoms with E-state index in [9.17, 15) is 0 Å². The van der Waals surface area contributed by atoms with Gasteiger partial charge in [0.25, 0.3) is 0 Å². The van der Waals surface area contributed by atoms with Gasteiger partial charge in [0.1, 0.15) is 0 Å². The predicted molar refractivity (Wildman–Crippen MR) is 81.6 cm³/mol. The standard InChI is InChI=1S/C16H18N4/c1-11-12(2)19-13(3)14(4)20(16(19)18-11)17-10-15-8-6-5-7-9-15/h5-10H,1-4H3/b17-10+. The Hall–Kier alpha value is -2.36. The zero-order chi connectivity index (χ0) is 14.3. The van der Waals surface area contributed by atoms with Crippen molar-refractivity contribution < 1.29 is 0 Å². The van der Waals surface area contributed by atoms with E-state index in [1.54, 1.807) is 0 Å². The highest BCUT2D eigenvalue weighted by Gasteiger charge is 2.15. The molecule has 0 unspecified atom stereocenters. The quantitative estimate of drug-likeness (QED) is 0.656. The van der Waals surface area contributed by atoms with E-state index >= 15 is 0 Å². The number of hydrogen-bond donors (Lipinski definition) is 0. The van der Waals surface area contributed by atoms with E-state index in [2.05, 4.69) is 35.3 Å². The number of aromatic nitrogens is 3. The summed E-state index contributed by atoms with van der Waals surface area (Å²) in [5.41, 5.74) is 5.60. The zero-order valence-electron chi connectivity index (χ0n) is 12.3. The lowest BCUT2D eigenvalue weighted by Gasteiger charge is -1.98. The van der Waals surface area contributed by atoms with E-state index in [1.165, 1.54) is 11.4 Å². The second-order valence-electron chi connectivity index (χ2n) is 5.06. The fraction of sp³-hybridized carbons (Fsp3) is 0.250. The third-order valence-electron chi connectivity index (χ3n) is 3.81. The highest BCUT2D eigenvalue weighted by molar-refractivity contribution is 5.79. The molecule has 0 bridgehead atoms. The summed E-state index contributed by atoms with van der Waals surface area (Å²) in [5, 5.41) is 4.59. The van der Waals surface area contributed by atoms with E-state index < -0.39 is 0 Å². The maximum Gasteiger partial charge on any atom is 0.235 e. The molecule has 0 radical (unpaired) electrons. The number of hydrogen-bond acceptors (Lipinski definition) is 2. The lowest BCUT2D eigenvalue weighted by Crippen LogP contribution is -1.95. The minimum atomic E-state index is 0.877. The topological polar surface area (TPSA) is 34.6 Å². The normalized spacial score (nSPS) is 11.8. The summed E-state index contributed by atoms with van der Waals surface area (Å²) in [7, 11) is 0. The van der Waals surface area contributed by atoms with Gasteiger partial charge in [-0.3, -0.25) is 4.40 Å². The van der Waals surface area contributed by atoms with Crippen LogP contribution in [0, 0.1) is 27.7 Å². The third-order valence-corrected chi connectivity index (χ3v) is 3.81. The van der Waals surface area contributed by atoms with Gasteiger partial charge in [-0.2, -0.15) is 5.10 Å². The summed E-state index contributed by atoms with van der Waals surface area (Å²) in [6.45, 7) is 8.29. The summed E-state index contributed by atoms with van der Waals surface area (Å²) >= 11 is 0. The van der Waals surface area contributed by atoms with E-state index in [0.717, 1.165) is 22.7 Å². The summed E-state index contributed by atoms with van der Waals surface area (Å²) < 4.78 is 4.06. The van der Waals surface area contributed by atoms with Crippen LogP contribution in [0.5, 0.6) is 0 Å². The molecule has 0 aliphatic rings. The van der Waals surface area contributed by atoms with Crippen LogP contribution in [0.1, 0.15) is 28.3 Å². The van der Waals surface area contributed by atoms with Crippen molar-refractivity contribution in [2.75, 3.05) is 0 Å². The third kappa shape index (κ3) is 1.84. The van der Waals surface area contributed by atoms with Crippen molar-refractivity contribution in [1.29, 1.82) is 0 Å². The molecule has 1 aromatic carbocycles. The van der Waals surface area contributed by atoms with Gasteiger partial charge >= 0.3 is 0 Å². The fourth-order valence-electron chi connectivity index (χ4n) is 2.40. The first-order valence-electron chi connectivity index (χ1n) is 6.72. The van der Waals surface area contributed by atoms with E-state index in [-0.39, 0.29) is 0 Å². The number of fused-ring (bicyclic) bond motifs is 1. The summed E-state index contributed by atoms with van der Waals surface area (Å²) in [6.07, 6.45) is 1.87. The predicted octanol–water partition coefficient (Wildman–Crippen LogP) is 3.25. The molecule has 0 N–H and O–H groups in total. The molecule has 20 heavy (non-hydrogen) atoms. The molecule has 0 atom stereocenters. The summed E-state index contributed by atoms with van der Waals surface area (Å²) in [6, 6.07) is 10.1. The lowest BCUT2D eigenvalue weighted by atomic mass is 10.2. The molecule has 0 fully saturated rings. The van der Waals surface area contributed by atoms with Gasteiger partial charge in [-0.15, -0.1) is 0 Å². The molecule has 2 heterocycles. The average Bonchev–Trinajstić information content (AvgIpc) is 2.86. The van der Waals surface area contributed by atoms with Gasteiger partial charge in [-0.05, 0) is 33.3 Å². The Morgan fingerprint density at radius 1 is 0.950 bits per heavy atom. The average molecular weight is 266 g/mol. The first kappa shape index (κ1) is 12.7. The van der Waals surface area contributed by atoms with E-state index in [4.69, 9.17) is 0 Å². The van der Waals surface area contributed by atoms with Crippen LogP contribution in [0.15, 0.2) is 35.4 Å². The number of nitrogens with zero attached hydrogens (tertiary/aromatic N) is 4. The van der Waals surface area contributed by atoms with Crippen molar-refractivity contribution >= 4 is 12.0 Å². The lowest BCUT2D eigenvalue weighted by molar-refractivity contribution is 0.864. The maximum absolute atomic E-state index is 4.62. The van der Waals surface area contributed by atoms with Crippen LogP contribution >= 0.6 is 0 Å². The van der Waals surface area contributed by atoms with E-state index in [1.807, 2.05) is 48.1 Å². The van der Waals surface area contributed by atoms with Crippen LogP contribution in [-0.2, 0) is 0 Å². The molecule has 0 saturated carbocycles. The Morgan fingerprint density at radius 3 is 2.35 bits per heavy atom. The number of aryl methyl sites for hydroxylation is 3. The highest BCUT2D eigenvalue weighted by atomic mass is 15.4. The van der Waals surface area contributed by atoms with Crippen LogP contribution in [0.3, 0.4) is 0 Å². The molecular formula is C16H18N4. The van der Waals surface area contributed by atoms with E-state index in [0.29, 0.717) is 0 Å². The van der Waals surface area contributed by atoms with Crippen molar-refractivity contribution in [3.63, 3.8) is 0 Å². The molecule has 4 nitrogen and oxygen atoms in total. The molecule has 4 heteroatoms. The van der Waals surface area contributed by atoms with Crippen LogP contribution < -0.4 is 0 Å². The van der Waals surface area contributed by atoms with Gasteiger partial charge in [0.15, 0.2) is 0 Å². The van der Waals surface area contributed by atoms with Crippen LogP contribution in [-0.4, -0.2) is 20.3 Å². The molecule has 0 saturated heterocycles. The Morgan fingerprint density at radius 2 is 1.65 bits per heavy atom.